The molecule has 1 aromatic heterocycles. The monoisotopic (exact) mass is 471 g/mol. The fourth-order valence-electron chi connectivity index (χ4n) is 3.20. The van der Waals surface area contributed by atoms with Crippen LogP contribution >= 0.6 is 23.1 Å². The van der Waals surface area contributed by atoms with Crippen LogP contribution in [-0.4, -0.2) is 37.3 Å². The van der Waals surface area contributed by atoms with Gasteiger partial charge in [-0.15, -0.1) is 23.1 Å². The van der Waals surface area contributed by atoms with E-state index in [1.807, 2.05) is 6.26 Å². The zero-order valence-electron chi connectivity index (χ0n) is 19.3. The van der Waals surface area contributed by atoms with Gasteiger partial charge >= 0.3 is 11.9 Å². The number of thiophene rings is 1. The van der Waals surface area contributed by atoms with Crippen LogP contribution in [0.15, 0.2) is 4.21 Å². The zero-order valence-corrected chi connectivity index (χ0v) is 21.0. The van der Waals surface area contributed by atoms with Gasteiger partial charge in [0.05, 0.1) is 23.1 Å². The van der Waals surface area contributed by atoms with E-state index in [0.717, 1.165) is 30.6 Å². The molecule has 1 heterocycles. The van der Waals surface area contributed by atoms with Crippen LogP contribution in [0.1, 0.15) is 105 Å². The predicted octanol–water partition coefficient (Wildman–Crippen LogP) is 6.68. The third-order valence-electron chi connectivity index (χ3n) is 4.77. The van der Waals surface area contributed by atoms with Gasteiger partial charge < -0.3 is 14.8 Å². The highest BCUT2D eigenvalue weighted by Crippen LogP contribution is 2.40. The minimum Gasteiger partial charge on any atom is -0.462 e. The highest BCUT2D eigenvalue weighted by atomic mass is 32.2. The molecule has 1 rings (SSSR count). The molecule has 0 spiro atoms. The van der Waals surface area contributed by atoms with Gasteiger partial charge in [0.1, 0.15) is 10.4 Å². The summed E-state index contributed by atoms with van der Waals surface area (Å²) in [6.07, 6.45) is 12.7. The average Bonchev–Trinajstić information content (AvgIpc) is 3.11. The highest BCUT2D eigenvalue weighted by molar-refractivity contribution is 8.00. The Bertz CT molecular complexity index is 702. The van der Waals surface area contributed by atoms with Crippen LogP contribution in [-0.2, 0) is 14.3 Å². The average molecular weight is 472 g/mol. The molecule has 0 radical (unpaired) electrons. The van der Waals surface area contributed by atoms with E-state index in [0.29, 0.717) is 10.6 Å². The molecule has 0 saturated heterocycles. The number of rotatable bonds is 16. The number of nitrogens with one attached hydrogen (secondary N) is 1. The van der Waals surface area contributed by atoms with Crippen LogP contribution in [0.4, 0.5) is 5.69 Å². The molecule has 1 aromatic rings. The number of amides is 1. The van der Waals surface area contributed by atoms with Crippen molar-refractivity contribution in [3.63, 3.8) is 0 Å². The van der Waals surface area contributed by atoms with E-state index in [-0.39, 0.29) is 35.2 Å². The first-order chi connectivity index (χ1) is 15.0. The topological polar surface area (TPSA) is 81.7 Å². The zero-order chi connectivity index (χ0) is 23.1. The molecule has 0 fully saturated rings. The summed E-state index contributed by atoms with van der Waals surface area (Å²) >= 11 is 2.49. The van der Waals surface area contributed by atoms with Crippen LogP contribution in [0.5, 0.6) is 0 Å². The van der Waals surface area contributed by atoms with E-state index >= 15 is 0 Å². The number of hydrogen-bond donors (Lipinski definition) is 1. The summed E-state index contributed by atoms with van der Waals surface area (Å²) in [5.41, 5.74) is 0.454. The van der Waals surface area contributed by atoms with Gasteiger partial charge in [0, 0.05) is 6.42 Å². The van der Waals surface area contributed by atoms with Gasteiger partial charge in [0.15, 0.2) is 0 Å². The van der Waals surface area contributed by atoms with Crippen LogP contribution < -0.4 is 5.32 Å². The SMILES string of the molecule is CCCCCCCCCCCC(=O)Nc1c(C(=O)OCC)sc(SC)c1C(=O)OCC. The maximum atomic E-state index is 12.6. The van der Waals surface area contributed by atoms with E-state index in [2.05, 4.69) is 12.2 Å². The molecule has 1 amide bonds. The van der Waals surface area contributed by atoms with Crippen molar-refractivity contribution in [3.8, 4) is 0 Å². The Balaban J connectivity index is 2.71. The summed E-state index contributed by atoms with van der Waals surface area (Å²) in [4.78, 5) is 37.7. The lowest BCUT2D eigenvalue weighted by Gasteiger charge is -2.10. The van der Waals surface area contributed by atoms with Gasteiger partial charge in [-0.3, -0.25) is 4.79 Å². The Morgan fingerprint density at radius 2 is 1.39 bits per heavy atom. The summed E-state index contributed by atoms with van der Waals surface area (Å²) in [6.45, 7) is 6.08. The lowest BCUT2D eigenvalue weighted by Crippen LogP contribution is -2.17. The Labute approximate surface area is 194 Å². The van der Waals surface area contributed by atoms with Crippen molar-refractivity contribution in [3.05, 3.63) is 10.4 Å². The van der Waals surface area contributed by atoms with Gasteiger partial charge in [-0.05, 0) is 26.5 Å². The third-order valence-corrected chi connectivity index (χ3v) is 7.06. The molecule has 8 heteroatoms. The minimum atomic E-state index is -0.545. The first-order valence-electron chi connectivity index (χ1n) is 11.3. The fourth-order valence-corrected chi connectivity index (χ4v) is 5.04. The van der Waals surface area contributed by atoms with Crippen molar-refractivity contribution in [2.45, 2.75) is 89.2 Å². The Morgan fingerprint density at radius 3 is 1.94 bits per heavy atom. The number of ether oxygens (including phenoxy) is 2. The molecule has 0 aliphatic heterocycles. The maximum Gasteiger partial charge on any atom is 0.350 e. The second-order valence-electron chi connectivity index (χ2n) is 7.24. The molecule has 0 unspecified atom stereocenters. The molecule has 0 aliphatic carbocycles. The fraction of sp³-hybridized carbons (Fsp3) is 0.696. The quantitative estimate of drug-likeness (QED) is 0.164. The molecule has 0 bridgehead atoms. The smallest absolute Gasteiger partial charge is 0.350 e. The molecular formula is C23H37NO5S2. The van der Waals surface area contributed by atoms with E-state index < -0.39 is 11.9 Å². The molecule has 0 atom stereocenters. The first-order valence-corrected chi connectivity index (χ1v) is 13.4. The standard InChI is InChI=1S/C23H37NO5S2/c1-5-8-9-10-11-12-13-14-15-16-17(25)24-19-18(21(26)28-6-2)23(30-4)31-20(19)22(27)29-7-3/h5-16H2,1-4H3,(H,24,25). The molecule has 1 N–H and O–H groups in total. The van der Waals surface area contributed by atoms with Gasteiger partial charge in [-0.25, -0.2) is 9.59 Å². The van der Waals surface area contributed by atoms with Crippen LogP contribution in [0, 0.1) is 0 Å². The molecule has 0 aliphatic rings. The van der Waals surface area contributed by atoms with E-state index in [1.54, 1.807) is 13.8 Å². The van der Waals surface area contributed by atoms with Gasteiger partial charge in [-0.2, -0.15) is 0 Å². The number of esters is 2. The summed E-state index contributed by atoms with van der Waals surface area (Å²) in [5, 5.41) is 2.79. The Hall–Kier alpha value is -1.54. The number of thioether (sulfide) groups is 1. The normalized spacial score (nSPS) is 10.7. The minimum absolute atomic E-state index is 0.204. The number of anilines is 1. The summed E-state index contributed by atoms with van der Waals surface area (Å²) in [5.74, 6) is -1.29. The van der Waals surface area contributed by atoms with Crippen molar-refractivity contribution in [2.24, 2.45) is 0 Å². The van der Waals surface area contributed by atoms with E-state index in [1.165, 1.54) is 50.3 Å². The number of carbonyl (C=O) groups excluding carboxylic acids is 3. The molecule has 6 nitrogen and oxygen atoms in total. The van der Waals surface area contributed by atoms with Crippen LogP contribution in [0.3, 0.4) is 0 Å². The van der Waals surface area contributed by atoms with Crippen LogP contribution in [0.25, 0.3) is 0 Å². The third kappa shape index (κ3) is 9.64. The van der Waals surface area contributed by atoms with Gasteiger partial charge in [0.25, 0.3) is 0 Å². The molecule has 176 valence electrons. The molecule has 0 saturated carbocycles. The molecular weight excluding hydrogens is 434 g/mol. The van der Waals surface area contributed by atoms with Crippen molar-refractivity contribution in [2.75, 3.05) is 24.8 Å². The van der Waals surface area contributed by atoms with Crippen molar-refractivity contribution >= 4 is 46.6 Å². The molecule has 0 aromatic carbocycles. The van der Waals surface area contributed by atoms with Gasteiger partial charge in [-0.1, -0.05) is 58.3 Å². The highest BCUT2D eigenvalue weighted by Gasteiger charge is 2.29. The van der Waals surface area contributed by atoms with Crippen LogP contribution in [0.2, 0.25) is 0 Å². The van der Waals surface area contributed by atoms with Crippen molar-refractivity contribution < 1.29 is 23.9 Å². The Kier molecular flexibility index (Phi) is 14.3. The van der Waals surface area contributed by atoms with E-state index in [4.69, 9.17) is 9.47 Å². The molecule has 31 heavy (non-hydrogen) atoms. The second-order valence-corrected chi connectivity index (χ2v) is 9.34. The lowest BCUT2D eigenvalue weighted by molar-refractivity contribution is -0.116. The summed E-state index contributed by atoms with van der Waals surface area (Å²) < 4.78 is 10.9. The predicted molar refractivity (Wildman–Crippen MR) is 128 cm³/mol. The number of carbonyl (C=O) groups is 3. The second kappa shape index (κ2) is 16.1. The summed E-state index contributed by atoms with van der Waals surface area (Å²) in [6, 6.07) is 0. The first kappa shape index (κ1) is 27.5. The maximum absolute atomic E-state index is 12.6. The van der Waals surface area contributed by atoms with Crippen molar-refractivity contribution in [1.29, 1.82) is 0 Å². The summed E-state index contributed by atoms with van der Waals surface area (Å²) in [7, 11) is 0. The van der Waals surface area contributed by atoms with E-state index in [9.17, 15) is 14.4 Å². The number of hydrogen-bond acceptors (Lipinski definition) is 7. The van der Waals surface area contributed by atoms with Gasteiger partial charge in [0.2, 0.25) is 5.91 Å². The number of unbranched alkanes of at least 4 members (excludes halogenated alkanes) is 8. The lowest BCUT2D eigenvalue weighted by atomic mass is 10.1. The Morgan fingerprint density at radius 1 is 0.839 bits per heavy atom. The largest absolute Gasteiger partial charge is 0.462 e. The van der Waals surface area contributed by atoms with Crippen molar-refractivity contribution in [1.82, 2.24) is 0 Å².